The molecule has 2 aromatic carbocycles. The van der Waals surface area contributed by atoms with E-state index in [-0.39, 0.29) is 11.2 Å². The van der Waals surface area contributed by atoms with E-state index in [2.05, 4.69) is 5.32 Å². The van der Waals surface area contributed by atoms with Crippen molar-refractivity contribution in [2.45, 2.75) is 31.2 Å². The number of aryl methyl sites for hydroxylation is 1. The third-order valence-corrected chi connectivity index (χ3v) is 5.74. The Kier molecular flexibility index (Phi) is 3.42. The molecule has 0 heterocycles. The lowest BCUT2D eigenvalue weighted by atomic mass is 9.66. The summed E-state index contributed by atoms with van der Waals surface area (Å²) in [4.78, 5) is 23.6. The maximum absolute atomic E-state index is 13.6. The Balaban J connectivity index is 1.89. The zero-order valence-electron chi connectivity index (χ0n) is 13.6. The number of nitrogens with one attached hydrogen (secondary N) is 1. The van der Waals surface area contributed by atoms with E-state index in [4.69, 9.17) is 0 Å². The number of hydrogen-bond donors (Lipinski definition) is 2. The van der Waals surface area contributed by atoms with Gasteiger partial charge in [-0.1, -0.05) is 24.3 Å². The molecule has 1 amide bonds. The van der Waals surface area contributed by atoms with Gasteiger partial charge < -0.3 is 15.2 Å². The van der Waals surface area contributed by atoms with Crippen LogP contribution >= 0.6 is 0 Å². The van der Waals surface area contributed by atoms with Crippen molar-refractivity contribution in [2.24, 2.45) is 5.41 Å². The van der Waals surface area contributed by atoms with Gasteiger partial charge in [-0.3, -0.25) is 0 Å². The lowest BCUT2D eigenvalue weighted by Crippen LogP contribution is -2.55. The highest BCUT2D eigenvalue weighted by Crippen LogP contribution is 2.63. The van der Waals surface area contributed by atoms with Crippen LogP contribution in [0.4, 0.5) is 9.18 Å². The van der Waals surface area contributed by atoms with E-state index in [1.807, 2.05) is 18.2 Å². The minimum absolute atomic E-state index is 0.333. The first kappa shape index (κ1) is 15.8. The molecule has 2 aliphatic rings. The number of aldehydes is 1. The molecule has 0 radical (unpaired) electrons. The molecule has 128 valence electrons. The van der Waals surface area contributed by atoms with Gasteiger partial charge in [0, 0.05) is 5.41 Å². The summed E-state index contributed by atoms with van der Waals surface area (Å²) in [5.74, 6) is -0.334. The van der Waals surface area contributed by atoms with E-state index in [0.717, 1.165) is 43.1 Å². The van der Waals surface area contributed by atoms with Crippen molar-refractivity contribution in [3.05, 3.63) is 59.4 Å². The van der Waals surface area contributed by atoms with Crippen LogP contribution in [0.2, 0.25) is 0 Å². The van der Waals surface area contributed by atoms with E-state index in [9.17, 15) is 19.1 Å². The molecule has 4 nitrogen and oxygen atoms in total. The molecule has 1 spiro atoms. The summed E-state index contributed by atoms with van der Waals surface area (Å²) in [6.07, 6.45) is 2.81. The normalized spacial score (nSPS) is 22.9. The fraction of sp³-hybridized carbons (Fsp3) is 0.300. The summed E-state index contributed by atoms with van der Waals surface area (Å²) >= 11 is 0. The fourth-order valence-electron chi connectivity index (χ4n) is 4.25. The van der Waals surface area contributed by atoms with Crippen LogP contribution in [0.3, 0.4) is 0 Å². The van der Waals surface area contributed by atoms with E-state index in [1.165, 1.54) is 12.1 Å². The predicted molar refractivity (Wildman–Crippen MR) is 90.7 cm³/mol. The summed E-state index contributed by atoms with van der Waals surface area (Å²) in [5.41, 5.74) is 1.59. The molecular formula is C20H18FNO3. The minimum Gasteiger partial charge on any atom is -0.465 e. The smallest absolute Gasteiger partial charge is 0.405 e. The average Bonchev–Trinajstić information content (AvgIpc) is 3.38. The zero-order valence-corrected chi connectivity index (χ0v) is 13.6. The highest BCUT2D eigenvalue weighted by atomic mass is 19.1. The summed E-state index contributed by atoms with van der Waals surface area (Å²) in [7, 11) is 0. The van der Waals surface area contributed by atoms with Crippen LogP contribution in [-0.2, 0) is 16.8 Å². The van der Waals surface area contributed by atoms with Gasteiger partial charge in [-0.25, -0.2) is 9.18 Å². The van der Waals surface area contributed by atoms with Crippen molar-refractivity contribution in [2.75, 3.05) is 0 Å². The second kappa shape index (κ2) is 5.41. The van der Waals surface area contributed by atoms with Gasteiger partial charge in [0.05, 0.1) is 0 Å². The quantitative estimate of drug-likeness (QED) is 0.834. The Bertz CT molecular complexity index is 875. The fourth-order valence-corrected chi connectivity index (χ4v) is 4.25. The summed E-state index contributed by atoms with van der Waals surface area (Å²) < 4.78 is 13.6. The SMILES string of the molecule is O=C[C@@]1(NC(=O)O)c2cc(-c3cccc(F)c3)ccc2CCC12CC2. The number of benzene rings is 2. The first-order valence-electron chi connectivity index (χ1n) is 8.36. The van der Waals surface area contributed by atoms with E-state index < -0.39 is 11.6 Å². The number of carbonyl (C=O) groups is 2. The highest BCUT2D eigenvalue weighted by Gasteiger charge is 2.63. The van der Waals surface area contributed by atoms with E-state index >= 15 is 0 Å². The van der Waals surface area contributed by atoms with Gasteiger partial charge >= 0.3 is 6.09 Å². The maximum atomic E-state index is 13.6. The Morgan fingerprint density at radius 2 is 1.88 bits per heavy atom. The van der Waals surface area contributed by atoms with Gasteiger partial charge in [0.25, 0.3) is 0 Å². The topological polar surface area (TPSA) is 66.4 Å². The van der Waals surface area contributed by atoms with Crippen molar-refractivity contribution in [1.29, 1.82) is 0 Å². The molecule has 2 aromatic rings. The number of rotatable bonds is 3. The number of carboxylic acid groups (broad SMARTS) is 1. The largest absolute Gasteiger partial charge is 0.465 e. The van der Waals surface area contributed by atoms with E-state index in [1.54, 1.807) is 12.1 Å². The molecule has 0 unspecified atom stereocenters. The summed E-state index contributed by atoms with van der Waals surface area (Å²) in [6.45, 7) is 0. The van der Waals surface area contributed by atoms with Crippen LogP contribution < -0.4 is 5.32 Å². The van der Waals surface area contributed by atoms with Gasteiger partial charge in [-0.15, -0.1) is 0 Å². The predicted octanol–water partition coefficient (Wildman–Crippen LogP) is 3.88. The number of amides is 1. The molecule has 2 N–H and O–H groups in total. The van der Waals surface area contributed by atoms with Crippen LogP contribution in [0.1, 0.15) is 30.4 Å². The molecule has 5 heteroatoms. The molecule has 0 aliphatic heterocycles. The Morgan fingerprint density at radius 3 is 2.52 bits per heavy atom. The molecule has 1 saturated carbocycles. The molecule has 0 saturated heterocycles. The number of fused-ring (bicyclic) bond motifs is 1. The first-order valence-corrected chi connectivity index (χ1v) is 8.36. The second-order valence-corrected chi connectivity index (χ2v) is 7.02. The third kappa shape index (κ3) is 2.34. The zero-order chi connectivity index (χ0) is 17.7. The van der Waals surface area contributed by atoms with Crippen LogP contribution in [0, 0.1) is 11.2 Å². The monoisotopic (exact) mass is 339 g/mol. The minimum atomic E-state index is -1.23. The molecule has 4 rings (SSSR count). The summed E-state index contributed by atoms with van der Waals surface area (Å²) in [5, 5.41) is 11.9. The molecule has 25 heavy (non-hydrogen) atoms. The summed E-state index contributed by atoms with van der Waals surface area (Å²) in [6, 6.07) is 11.9. The molecule has 0 bridgehead atoms. The first-order chi connectivity index (χ1) is 12.0. The lowest BCUT2D eigenvalue weighted by Gasteiger charge is -2.42. The molecule has 1 atom stereocenters. The standard InChI is InChI=1S/C20H18FNO3/c21-16-3-1-2-14(10-16)15-5-4-13-6-7-19(8-9-19)20(12-23,17(13)11-15)22-18(24)25/h1-5,10-12,22H,6-9H2,(H,24,25)/t20-/m1/s1. The van der Waals surface area contributed by atoms with Crippen LogP contribution in [0.5, 0.6) is 0 Å². The van der Waals surface area contributed by atoms with Crippen molar-refractivity contribution in [3.8, 4) is 11.1 Å². The number of carbonyl (C=O) groups excluding carboxylic acids is 1. The molecule has 0 aromatic heterocycles. The third-order valence-electron chi connectivity index (χ3n) is 5.74. The Labute approximate surface area is 144 Å². The van der Waals surface area contributed by atoms with Crippen molar-refractivity contribution >= 4 is 12.4 Å². The van der Waals surface area contributed by atoms with Gasteiger partial charge in [0.1, 0.15) is 11.4 Å². The van der Waals surface area contributed by atoms with Crippen LogP contribution in [0.15, 0.2) is 42.5 Å². The van der Waals surface area contributed by atoms with Crippen molar-refractivity contribution in [1.82, 2.24) is 5.32 Å². The van der Waals surface area contributed by atoms with Gasteiger partial charge in [-0.2, -0.15) is 0 Å². The van der Waals surface area contributed by atoms with Crippen molar-refractivity contribution < 1.29 is 19.1 Å². The second-order valence-electron chi connectivity index (χ2n) is 7.02. The lowest BCUT2D eigenvalue weighted by molar-refractivity contribution is -0.116. The molecular weight excluding hydrogens is 321 g/mol. The Hall–Kier alpha value is -2.69. The number of halogens is 1. The van der Waals surface area contributed by atoms with Gasteiger partial charge in [0.2, 0.25) is 0 Å². The average molecular weight is 339 g/mol. The maximum Gasteiger partial charge on any atom is 0.405 e. The highest BCUT2D eigenvalue weighted by molar-refractivity contribution is 5.81. The molecule has 2 aliphatic carbocycles. The molecule has 1 fully saturated rings. The number of hydrogen-bond acceptors (Lipinski definition) is 2. The van der Waals surface area contributed by atoms with Crippen LogP contribution in [-0.4, -0.2) is 17.5 Å². The van der Waals surface area contributed by atoms with Crippen molar-refractivity contribution in [3.63, 3.8) is 0 Å². The van der Waals surface area contributed by atoms with Gasteiger partial charge in [0.15, 0.2) is 6.29 Å². The van der Waals surface area contributed by atoms with Gasteiger partial charge in [-0.05, 0) is 66.1 Å². The van der Waals surface area contributed by atoms with E-state index in [0.29, 0.717) is 11.1 Å². The van der Waals surface area contributed by atoms with Crippen LogP contribution in [0.25, 0.3) is 11.1 Å². The Morgan fingerprint density at radius 1 is 1.12 bits per heavy atom.